The largest absolute Gasteiger partial charge is 0.399 e. The molecule has 0 aliphatic rings. The molecule has 3 heteroatoms. The van der Waals surface area contributed by atoms with Gasteiger partial charge in [0.15, 0.2) is 0 Å². The third-order valence-electron chi connectivity index (χ3n) is 1.78. The minimum absolute atomic E-state index is 0.632. The molecule has 0 atom stereocenters. The summed E-state index contributed by atoms with van der Waals surface area (Å²) < 4.78 is 5.00. The van der Waals surface area contributed by atoms with Crippen LogP contribution in [0.5, 0.6) is 0 Å². The summed E-state index contributed by atoms with van der Waals surface area (Å²) in [5, 5.41) is 1.89. The Labute approximate surface area is 69.6 Å². The molecule has 0 aliphatic carbocycles. The van der Waals surface area contributed by atoms with E-state index in [4.69, 9.17) is 15.9 Å². The maximum absolute atomic E-state index is 5.67. The first kappa shape index (κ1) is 6.91. The van der Waals surface area contributed by atoms with Crippen molar-refractivity contribution >= 4 is 22.1 Å². The molecular weight excluding hydrogens is 152 g/mol. The summed E-state index contributed by atoms with van der Waals surface area (Å²) >= 11 is 0. The van der Waals surface area contributed by atoms with Crippen LogP contribution in [0.25, 0.3) is 10.8 Å². The van der Waals surface area contributed by atoms with Crippen molar-refractivity contribution in [3.63, 3.8) is 0 Å². The number of fused-ring (bicyclic) bond motifs is 1. The van der Waals surface area contributed by atoms with Gasteiger partial charge in [-0.2, -0.15) is 0 Å². The Kier molecular flexibility index (Phi) is 1.37. The first-order valence-electron chi connectivity index (χ1n) is 3.61. The topological polar surface area (TPSA) is 63.3 Å². The fourth-order valence-corrected chi connectivity index (χ4v) is 1.19. The zero-order chi connectivity index (χ0) is 8.55. The standard InChI is InChI=1S/C9H9N2O/c10-7-1-2-8-6(3-7)4-12-5-9(8)11/h1-5H,10-11H2/q+1. The van der Waals surface area contributed by atoms with Crippen molar-refractivity contribution in [1.29, 1.82) is 0 Å². The number of nitrogens with two attached hydrogens (primary N) is 2. The molecule has 3 nitrogen and oxygen atoms in total. The van der Waals surface area contributed by atoms with Gasteiger partial charge in [-0.25, -0.2) is 4.42 Å². The third-order valence-corrected chi connectivity index (χ3v) is 1.78. The van der Waals surface area contributed by atoms with Gasteiger partial charge in [0.25, 0.3) is 0 Å². The second-order valence-electron chi connectivity index (χ2n) is 2.67. The second kappa shape index (κ2) is 2.37. The van der Waals surface area contributed by atoms with Gasteiger partial charge in [-0.1, -0.05) is 0 Å². The van der Waals surface area contributed by atoms with Gasteiger partial charge in [-0.05, 0) is 18.2 Å². The normalized spacial score (nSPS) is 10.3. The minimum Gasteiger partial charge on any atom is -0.399 e. The number of hydrogen-bond donors (Lipinski definition) is 2. The van der Waals surface area contributed by atoms with Crippen molar-refractivity contribution in [1.82, 2.24) is 0 Å². The molecule has 4 N–H and O–H groups in total. The Morgan fingerprint density at radius 2 is 1.92 bits per heavy atom. The SMILES string of the molecule is Nc1ccc2c(N)c[o+]cc2c1. The molecule has 1 heterocycles. The van der Waals surface area contributed by atoms with Crippen LogP contribution < -0.4 is 11.5 Å². The molecular formula is C9H9N2O+. The Morgan fingerprint density at radius 3 is 2.75 bits per heavy atom. The summed E-state index contributed by atoms with van der Waals surface area (Å²) in [7, 11) is 0. The second-order valence-corrected chi connectivity index (χ2v) is 2.67. The number of nitrogen functional groups attached to an aromatic ring is 2. The van der Waals surface area contributed by atoms with Crippen molar-refractivity contribution in [3.05, 3.63) is 30.7 Å². The zero-order valence-electron chi connectivity index (χ0n) is 6.45. The molecule has 2 aromatic rings. The summed E-state index contributed by atoms with van der Waals surface area (Å²) in [4.78, 5) is 0. The van der Waals surface area contributed by atoms with Gasteiger partial charge in [0.05, 0.1) is 5.39 Å². The number of anilines is 2. The molecule has 2 rings (SSSR count). The molecule has 0 saturated heterocycles. The molecule has 0 amide bonds. The highest BCUT2D eigenvalue weighted by atomic mass is 16.3. The lowest BCUT2D eigenvalue weighted by molar-refractivity contribution is 0.560. The van der Waals surface area contributed by atoms with E-state index in [0.29, 0.717) is 11.4 Å². The Bertz CT molecular complexity index is 426. The molecule has 60 valence electrons. The molecule has 0 spiro atoms. The fraction of sp³-hybridized carbons (Fsp3) is 0. The van der Waals surface area contributed by atoms with Crippen molar-refractivity contribution < 1.29 is 4.42 Å². The van der Waals surface area contributed by atoms with Crippen LogP contribution in [0.4, 0.5) is 11.4 Å². The summed E-state index contributed by atoms with van der Waals surface area (Å²) in [6, 6.07) is 5.53. The lowest BCUT2D eigenvalue weighted by Crippen LogP contribution is -1.88. The fourth-order valence-electron chi connectivity index (χ4n) is 1.19. The maximum atomic E-state index is 5.67. The highest BCUT2D eigenvalue weighted by Gasteiger charge is 2.04. The van der Waals surface area contributed by atoms with E-state index < -0.39 is 0 Å². The van der Waals surface area contributed by atoms with Gasteiger partial charge in [0.2, 0.25) is 0 Å². The van der Waals surface area contributed by atoms with E-state index in [2.05, 4.69) is 0 Å². The van der Waals surface area contributed by atoms with Gasteiger partial charge < -0.3 is 11.5 Å². The van der Waals surface area contributed by atoms with Crippen LogP contribution in [0.1, 0.15) is 0 Å². The van der Waals surface area contributed by atoms with Crippen molar-refractivity contribution in [2.45, 2.75) is 0 Å². The van der Waals surface area contributed by atoms with Crippen LogP contribution in [0, 0.1) is 0 Å². The third kappa shape index (κ3) is 0.955. The average Bonchev–Trinajstić information content (AvgIpc) is 2.04. The predicted octanol–water partition coefficient (Wildman–Crippen LogP) is 1.88. The van der Waals surface area contributed by atoms with Gasteiger partial charge in [-0.15, -0.1) is 0 Å². The zero-order valence-corrected chi connectivity index (χ0v) is 6.45. The van der Waals surface area contributed by atoms with Crippen LogP contribution in [0.3, 0.4) is 0 Å². The van der Waals surface area contributed by atoms with Crippen LogP contribution in [-0.2, 0) is 0 Å². The summed E-state index contributed by atoms with van der Waals surface area (Å²) in [5.41, 5.74) is 12.6. The van der Waals surface area contributed by atoms with E-state index in [1.165, 1.54) is 6.26 Å². The predicted molar refractivity (Wildman–Crippen MR) is 49.4 cm³/mol. The van der Waals surface area contributed by atoms with E-state index in [9.17, 15) is 0 Å². The van der Waals surface area contributed by atoms with E-state index in [0.717, 1.165) is 10.8 Å². The van der Waals surface area contributed by atoms with Gasteiger partial charge in [0, 0.05) is 11.1 Å². The molecule has 0 saturated carbocycles. The van der Waals surface area contributed by atoms with Crippen LogP contribution in [-0.4, -0.2) is 0 Å². The van der Waals surface area contributed by atoms with Crippen LogP contribution in [0.15, 0.2) is 35.1 Å². The van der Waals surface area contributed by atoms with E-state index >= 15 is 0 Å². The highest BCUT2D eigenvalue weighted by Crippen LogP contribution is 2.22. The average molecular weight is 161 g/mol. The quantitative estimate of drug-likeness (QED) is 0.458. The summed E-state index contributed by atoms with van der Waals surface area (Å²) in [5.74, 6) is 0. The first-order chi connectivity index (χ1) is 5.77. The minimum atomic E-state index is 0.632. The van der Waals surface area contributed by atoms with Crippen molar-refractivity contribution in [3.8, 4) is 0 Å². The van der Waals surface area contributed by atoms with Crippen molar-refractivity contribution in [2.75, 3.05) is 11.5 Å². The number of benzene rings is 1. The molecule has 0 aliphatic heterocycles. The Morgan fingerprint density at radius 1 is 1.08 bits per heavy atom. The number of hydrogen-bond acceptors (Lipinski definition) is 2. The number of rotatable bonds is 0. The lowest BCUT2D eigenvalue weighted by Gasteiger charge is -1.95. The molecule has 0 radical (unpaired) electrons. The molecule has 0 unspecified atom stereocenters. The molecule has 12 heavy (non-hydrogen) atoms. The van der Waals surface area contributed by atoms with Gasteiger partial charge >= 0.3 is 12.5 Å². The van der Waals surface area contributed by atoms with E-state index in [-0.39, 0.29) is 0 Å². The van der Waals surface area contributed by atoms with E-state index in [1.54, 1.807) is 6.26 Å². The summed E-state index contributed by atoms with van der Waals surface area (Å²) in [6.45, 7) is 0. The van der Waals surface area contributed by atoms with Crippen LogP contribution in [0.2, 0.25) is 0 Å². The van der Waals surface area contributed by atoms with Gasteiger partial charge in [-0.3, -0.25) is 0 Å². The van der Waals surface area contributed by atoms with E-state index in [1.807, 2.05) is 18.2 Å². The smallest absolute Gasteiger partial charge is 0.341 e. The molecule has 1 aromatic heterocycles. The summed E-state index contributed by atoms with van der Waals surface area (Å²) in [6.07, 6.45) is 3.14. The first-order valence-corrected chi connectivity index (χ1v) is 3.61. The monoisotopic (exact) mass is 161 g/mol. The lowest BCUT2D eigenvalue weighted by atomic mass is 10.1. The van der Waals surface area contributed by atoms with Crippen molar-refractivity contribution in [2.24, 2.45) is 0 Å². The molecule has 1 aromatic carbocycles. The molecule has 0 bridgehead atoms. The Hall–Kier alpha value is -1.77. The Balaban J connectivity index is 2.86. The maximum Gasteiger partial charge on any atom is 0.341 e. The molecule has 0 fully saturated rings. The van der Waals surface area contributed by atoms with Crippen LogP contribution >= 0.6 is 0 Å². The highest BCUT2D eigenvalue weighted by molar-refractivity contribution is 5.92. The van der Waals surface area contributed by atoms with Gasteiger partial charge in [0.1, 0.15) is 5.69 Å².